The van der Waals surface area contributed by atoms with Gasteiger partial charge in [0.25, 0.3) is 0 Å². The second-order valence-corrected chi connectivity index (χ2v) is 7.72. The molecule has 0 heterocycles. The molecule has 1 amide bonds. The number of hydrogen-bond donors (Lipinski definition) is 1. The molecule has 1 aliphatic rings. The highest BCUT2D eigenvalue weighted by Gasteiger charge is 2.24. The first-order valence-electron chi connectivity index (χ1n) is 8.36. The smallest absolute Gasteiger partial charge is 0.410 e. The van der Waals surface area contributed by atoms with Crippen LogP contribution in [0.3, 0.4) is 0 Å². The number of carbonyl (C=O) groups is 1. The molecule has 0 saturated heterocycles. The second kappa shape index (κ2) is 8.02. The topological polar surface area (TPSA) is 41.6 Å². The fraction of sp³-hybridized carbons (Fsp3) is 0.941. The van der Waals surface area contributed by atoms with Crippen molar-refractivity contribution in [1.82, 2.24) is 10.2 Å². The third-order valence-electron chi connectivity index (χ3n) is 4.24. The van der Waals surface area contributed by atoms with Gasteiger partial charge in [-0.25, -0.2) is 4.79 Å². The summed E-state index contributed by atoms with van der Waals surface area (Å²) in [6, 6.07) is 0.609. The quantitative estimate of drug-likeness (QED) is 0.842. The van der Waals surface area contributed by atoms with Crippen LogP contribution in [0.1, 0.15) is 60.3 Å². The van der Waals surface area contributed by atoms with E-state index in [1.807, 2.05) is 20.8 Å². The molecule has 0 radical (unpaired) electrons. The summed E-state index contributed by atoms with van der Waals surface area (Å²) in [5.41, 5.74) is -0.424. The van der Waals surface area contributed by atoms with E-state index < -0.39 is 5.60 Å². The molecule has 0 aromatic rings. The van der Waals surface area contributed by atoms with Crippen LogP contribution in [0.5, 0.6) is 0 Å². The van der Waals surface area contributed by atoms with Crippen LogP contribution < -0.4 is 5.32 Å². The molecule has 0 aliphatic heterocycles. The van der Waals surface area contributed by atoms with Gasteiger partial charge < -0.3 is 15.0 Å². The van der Waals surface area contributed by atoms with Crippen molar-refractivity contribution >= 4 is 6.09 Å². The van der Waals surface area contributed by atoms with Crippen LogP contribution in [0.2, 0.25) is 0 Å². The summed E-state index contributed by atoms with van der Waals surface area (Å²) in [5.74, 6) is 1.62. The Morgan fingerprint density at radius 2 is 2.00 bits per heavy atom. The molecule has 1 fully saturated rings. The number of ether oxygens (including phenoxy) is 1. The van der Waals surface area contributed by atoms with Crippen molar-refractivity contribution in [2.45, 2.75) is 71.9 Å². The molecular formula is C17H34N2O2. The zero-order valence-corrected chi connectivity index (χ0v) is 14.7. The Labute approximate surface area is 130 Å². The molecular weight excluding hydrogens is 264 g/mol. The molecule has 1 N–H and O–H groups in total. The Morgan fingerprint density at radius 1 is 1.33 bits per heavy atom. The fourth-order valence-electron chi connectivity index (χ4n) is 2.89. The molecule has 124 valence electrons. The first-order valence-corrected chi connectivity index (χ1v) is 8.36. The van der Waals surface area contributed by atoms with Crippen LogP contribution in [-0.4, -0.2) is 42.8 Å². The van der Waals surface area contributed by atoms with Gasteiger partial charge in [-0.1, -0.05) is 26.7 Å². The van der Waals surface area contributed by atoms with Crippen LogP contribution in [0.4, 0.5) is 4.79 Å². The van der Waals surface area contributed by atoms with Gasteiger partial charge in [-0.05, 0) is 45.4 Å². The van der Waals surface area contributed by atoms with E-state index >= 15 is 0 Å². The first kappa shape index (κ1) is 18.3. The molecule has 2 atom stereocenters. The maximum absolute atomic E-state index is 11.9. The van der Waals surface area contributed by atoms with Gasteiger partial charge in [0.2, 0.25) is 0 Å². The number of likely N-dealkylation sites (N-methyl/N-ethyl adjacent to an activating group) is 1. The lowest BCUT2D eigenvalue weighted by atomic mass is 9.79. The SMILES string of the molecule is CC(C)C1CCCC(NCCN(C)C(=O)OC(C)(C)C)C1. The monoisotopic (exact) mass is 298 g/mol. The van der Waals surface area contributed by atoms with Crippen molar-refractivity contribution in [2.75, 3.05) is 20.1 Å². The molecule has 1 aliphatic carbocycles. The maximum Gasteiger partial charge on any atom is 0.410 e. The molecule has 21 heavy (non-hydrogen) atoms. The Hall–Kier alpha value is -0.770. The highest BCUT2D eigenvalue weighted by molar-refractivity contribution is 5.67. The zero-order valence-electron chi connectivity index (χ0n) is 14.7. The predicted molar refractivity (Wildman–Crippen MR) is 87.5 cm³/mol. The Balaban J connectivity index is 2.25. The summed E-state index contributed by atoms with van der Waals surface area (Å²) >= 11 is 0. The maximum atomic E-state index is 11.9. The number of nitrogens with zero attached hydrogens (tertiary/aromatic N) is 1. The normalized spacial score (nSPS) is 23.2. The lowest BCUT2D eigenvalue weighted by Crippen LogP contribution is -2.42. The standard InChI is InChI=1S/C17H34N2O2/c1-13(2)14-8-7-9-15(12-14)18-10-11-19(6)16(20)21-17(3,4)5/h13-15,18H,7-12H2,1-6H3. The summed E-state index contributed by atoms with van der Waals surface area (Å²) in [6.07, 6.45) is 4.98. The van der Waals surface area contributed by atoms with Crippen molar-refractivity contribution in [2.24, 2.45) is 11.8 Å². The summed E-state index contributed by atoms with van der Waals surface area (Å²) in [6.45, 7) is 11.9. The van der Waals surface area contributed by atoms with E-state index in [2.05, 4.69) is 19.2 Å². The summed E-state index contributed by atoms with van der Waals surface area (Å²) < 4.78 is 5.35. The zero-order chi connectivity index (χ0) is 16.0. The van der Waals surface area contributed by atoms with Crippen LogP contribution in [-0.2, 0) is 4.74 Å². The van der Waals surface area contributed by atoms with Crippen molar-refractivity contribution < 1.29 is 9.53 Å². The number of carbonyl (C=O) groups excluding carboxylic acids is 1. The van der Waals surface area contributed by atoms with E-state index in [0.29, 0.717) is 12.6 Å². The van der Waals surface area contributed by atoms with Gasteiger partial charge in [0, 0.05) is 26.2 Å². The average molecular weight is 298 g/mol. The third kappa shape index (κ3) is 7.16. The Morgan fingerprint density at radius 3 is 2.57 bits per heavy atom. The molecule has 0 bridgehead atoms. The molecule has 0 aromatic heterocycles. The van der Waals surface area contributed by atoms with Gasteiger partial charge in [-0.2, -0.15) is 0 Å². The predicted octanol–water partition coefficient (Wildman–Crippen LogP) is 3.66. The van der Waals surface area contributed by atoms with E-state index in [4.69, 9.17) is 4.74 Å². The molecule has 2 unspecified atom stereocenters. The fourth-order valence-corrected chi connectivity index (χ4v) is 2.89. The van der Waals surface area contributed by atoms with Crippen LogP contribution in [0, 0.1) is 11.8 Å². The van der Waals surface area contributed by atoms with Gasteiger partial charge in [0.05, 0.1) is 0 Å². The summed E-state index contributed by atoms with van der Waals surface area (Å²) in [7, 11) is 1.80. The third-order valence-corrected chi connectivity index (χ3v) is 4.24. The highest BCUT2D eigenvalue weighted by Crippen LogP contribution is 2.29. The molecule has 0 aromatic carbocycles. The minimum atomic E-state index is -0.424. The van der Waals surface area contributed by atoms with Crippen molar-refractivity contribution in [1.29, 1.82) is 0 Å². The van der Waals surface area contributed by atoms with E-state index in [9.17, 15) is 4.79 Å². The Kier molecular flexibility index (Phi) is 6.98. The molecule has 4 nitrogen and oxygen atoms in total. The summed E-state index contributed by atoms with van der Waals surface area (Å²) in [4.78, 5) is 13.5. The van der Waals surface area contributed by atoms with Gasteiger partial charge in [0.15, 0.2) is 0 Å². The minimum Gasteiger partial charge on any atom is -0.444 e. The molecule has 1 rings (SSSR count). The number of nitrogens with one attached hydrogen (secondary N) is 1. The van der Waals surface area contributed by atoms with Gasteiger partial charge in [0.1, 0.15) is 5.60 Å². The minimum absolute atomic E-state index is 0.243. The van der Waals surface area contributed by atoms with E-state index in [-0.39, 0.29) is 6.09 Å². The van der Waals surface area contributed by atoms with Crippen LogP contribution in [0.15, 0.2) is 0 Å². The van der Waals surface area contributed by atoms with Crippen molar-refractivity contribution in [3.63, 3.8) is 0 Å². The number of rotatable bonds is 5. The largest absolute Gasteiger partial charge is 0.444 e. The average Bonchev–Trinajstić information content (AvgIpc) is 2.37. The van der Waals surface area contributed by atoms with Crippen LogP contribution >= 0.6 is 0 Å². The van der Waals surface area contributed by atoms with E-state index in [0.717, 1.165) is 18.4 Å². The highest BCUT2D eigenvalue weighted by atomic mass is 16.6. The van der Waals surface area contributed by atoms with Gasteiger partial charge in [-0.3, -0.25) is 0 Å². The molecule has 0 spiro atoms. The van der Waals surface area contributed by atoms with Crippen molar-refractivity contribution in [3.05, 3.63) is 0 Å². The van der Waals surface area contributed by atoms with Crippen molar-refractivity contribution in [3.8, 4) is 0 Å². The second-order valence-electron chi connectivity index (χ2n) is 7.72. The van der Waals surface area contributed by atoms with Gasteiger partial charge in [-0.15, -0.1) is 0 Å². The lowest BCUT2D eigenvalue weighted by Gasteiger charge is -2.32. The molecule has 1 saturated carbocycles. The number of amides is 1. The van der Waals surface area contributed by atoms with Crippen LogP contribution in [0.25, 0.3) is 0 Å². The first-order chi connectivity index (χ1) is 9.69. The molecule has 4 heteroatoms. The number of hydrogen-bond acceptors (Lipinski definition) is 3. The van der Waals surface area contributed by atoms with E-state index in [1.165, 1.54) is 25.7 Å². The lowest BCUT2D eigenvalue weighted by molar-refractivity contribution is 0.0298. The Bertz CT molecular complexity index is 323. The summed E-state index contributed by atoms with van der Waals surface area (Å²) in [5, 5.41) is 3.61. The van der Waals surface area contributed by atoms with Gasteiger partial charge >= 0.3 is 6.09 Å². The van der Waals surface area contributed by atoms with E-state index in [1.54, 1.807) is 11.9 Å².